The molecule has 0 unspecified atom stereocenters. The van der Waals surface area contributed by atoms with Crippen molar-refractivity contribution in [3.05, 3.63) is 42.0 Å². The van der Waals surface area contributed by atoms with E-state index >= 15 is 0 Å². The van der Waals surface area contributed by atoms with Crippen LogP contribution in [0.4, 0.5) is 10.1 Å². The van der Waals surface area contributed by atoms with E-state index < -0.39 is 15.8 Å². The number of sulfonamides is 1. The summed E-state index contributed by atoms with van der Waals surface area (Å²) in [4.78, 5) is -0.373. The predicted octanol–water partition coefficient (Wildman–Crippen LogP) is 1.47. The molecule has 6 nitrogen and oxygen atoms in total. The van der Waals surface area contributed by atoms with Crippen LogP contribution in [0.5, 0.6) is 0 Å². The van der Waals surface area contributed by atoms with E-state index in [-0.39, 0.29) is 10.6 Å². The van der Waals surface area contributed by atoms with Gasteiger partial charge < -0.3 is 5.32 Å². The molecule has 0 radical (unpaired) electrons. The Morgan fingerprint density at radius 3 is 2.76 bits per heavy atom. The van der Waals surface area contributed by atoms with E-state index in [1.165, 1.54) is 23.1 Å². The van der Waals surface area contributed by atoms with Crippen LogP contribution in [-0.2, 0) is 23.6 Å². The number of aromatic nitrogens is 2. The molecule has 1 aromatic carbocycles. The van der Waals surface area contributed by atoms with Crippen molar-refractivity contribution in [3.8, 4) is 0 Å². The van der Waals surface area contributed by atoms with Crippen LogP contribution >= 0.6 is 0 Å². The fraction of sp³-hybridized carbons (Fsp3) is 0.308. The molecule has 0 bridgehead atoms. The van der Waals surface area contributed by atoms with Gasteiger partial charge in [-0.2, -0.15) is 5.10 Å². The number of anilines is 1. The second-order valence-corrected chi connectivity index (χ2v) is 6.20. The fourth-order valence-electron chi connectivity index (χ4n) is 1.82. The lowest BCUT2D eigenvalue weighted by atomic mass is 10.2. The number of benzene rings is 1. The molecule has 0 aliphatic rings. The van der Waals surface area contributed by atoms with E-state index in [1.54, 1.807) is 13.1 Å². The zero-order valence-electron chi connectivity index (χ0n) is 11.8. The summed E-state index contributed by atoms with van der Waals surface area (Å²) >= 11 is 0. The molecule has 2 N–H and O–H groups in total. The first-order valence-electron chi connectivity index (χ1n) is 6.43. The van der Waals surface area contributed by atoms with Gasteiger partial charge >= 0.3 is 0 Å². The zero-order valence-corrected chi connectivity index (χ0v) is 12.6. The van der Waals surface area contributed by atoms with Gasteiger partial charge in [-0.1, -0.05) is 13.0 Å². The maximum absolute atomic E-state index is 13.8. The zero-order chi connectivity index (χ0) is 15.5. The quantitative estimate of drug-likeness (QED) is 0.847. The molecule has 0 saturated carbocycles. The van der Waals surface area contributed by atoms with E-state index in [0.29, 0.717) is 12.1 Å². The summed E-state index contributed by atoms with van der Waals surface area (Å²) in [6.07, 6.45) is 2.86. The summed E-state index contributed by atoms with van der Waals surface area (Å²) < 4.78 is 42.1. The van der Waals surface area contributed by atoms with Gasteiger partial charge in [-0.25, -0.2) is 12.8 Å². The Bertz CT molecular complexity index is 728. The molecule has 114 valence electrons. The third kappa shape index (κ3) is 3.79. The lowest BCUT2D eigenvalue weighted by molar-refractivity contribution is 0.568. The highest BCUT2D eigenvalue weighted by molar-refractivity contribution is 7.92. The van der Waals surface area contributed by atoms with Gasteiger partial charge in [0.25, 0.3) is 10.0 Å². The van der Waals surface area contributed by atoms with Gasteiger partial charge in [0.05, 0.1) is 11.9 Å². The largest absolute Gasteiger partial charge is 0.313 e. The maximum Gasteiger partial charge on any atom is 0.264 e. The Hall–Kier alpha value is -1.93. The Labute approximate surface area is 123 Å². The second kappa shape index (κ2) is 6.23. The lowest BCUT2D eigenvalue weighted by Gasteiger charge is -2.09. The van der Waals surface area contributed by atoms with Gasteiger partial charge in [0.2, 0.25) is 0 Å². The predicted molar refractivity (Wildman–Crippen MR) is 77.8 cm³/mol. The Morgan fingerprint density at radius 1 is 1.38 bits per heavy atom. The second-order valence-electron chi connectivity index (χ2n) is 4.55. The van der Waals surface area contributed by atoms with Crippen molar-refractivity contribution in [3.63, 3.8) is 0 Å². The molecule has 0 amide bonds. The van der Waals surface area contributed by atoms with Crippen molar-refractivity contribution in [2.75, 3.05) is 11.3 Å². The van der Waals surface area contributed by atoms with Crippen molar-refractivity contribution in [1.82, 2.24) is 15.1 Å². The first-order valence-corrected chi connectivity index (χ1v) is 7.91. The molecule has 1 heterocycles. The van der Waals surface area contributed by atoms with Crippen LogP contribution in [0, 0.1) is 5.82 Å². The smallest absolute Gasteiger partial charge is 0.264 e. The number of nitrogens with one attached hydrogen (secondary N) is 2. The molecule has 0 atom stereocenters. The summed E-state index contributed by atoms with van der Waals surface area (Å²) in [5, 5.41) is 6.93. The molecular formula is C13H17FN4O2S. The van der Waals surface area contributed by atoms with Crippen LogP contribution in [0.2, 0.25) is 0 Å². The van der Waals surface area contributed by atoms with Crippen LogP contribution in [0.1, 0.15) is 12.5 Å². The third-order valence-corrected chi connectivity index (χ3v) is 4.22. The van der Waals surface area contributed by atoms with Crippen LogP contribution in [0.3, 0.4) is 0 Å². The molecule has 2 aromatic rings. The molecule has 0 saturated heterocycles. The van der Waals surface area contributed by atoms with Crippen molar-refractivity contribution < 1.29 is 12.8 Å². The van der Waals surface area contributed by atoms with Gasteiger partial charge in [0.15, 0.2) is 0 Å². The van der Waals surface area contributed by atoms with E-state index in [1.807, 2.05) is 6.92 Å². The number of hydrogen-bond acceptors (Lipinski definition) is 4. The molecule has 0 spiro atoms. The minimum Gasteiger partial charge on any atom is -0.313 e. The normalized spacial score (nSPS) is 11.6. The maximum atomic E-state index is 13.8. The minimum absolute atomic E-state index is 0.286. The number of rotatable bonds is 6. The first-order chi connectivity index (χ1) is 9.92. The third-order valence-electron chi connectivity index (χ3n) is 2.82. The average molecular weight is 312 g/mol. The minimum atomic E-state index is -3.98. The van der Waals surface area contributed by atoms with Crippen molar-refractivity contribution in [1.29, 1.82) is 0 Å². The van der Waals surface area contributed by atoms with Crippen LogP contribution in [-0.4, -0.2) is 24.7 Å². The molecule has 21 heavy (non-hydrogen) atoms. The molecule has 0 fully saturated rings. The van der Waals surface area contributed by atoms with Crippen LogP contribution in [0.25, 0.3) is 0 Å². The van der Waals surface area contributed by atoms with E-state index in [2.05, 4.69) is 15.1 Å². The summed E-state index contributed by atoms with van der Waals surface area (Å²) in [6, 6.07) is 4.04. The Morgan fingerprint density at radius 2 is 2.14 bits per heavy atom. The SMILES string of the molecule is CCNCc1ccc(F)c(S(=O)(=O)Nc2cnn(C)c2)c1. The average Bonchev–Trinajstić information content (AvgIpc) is 2.82. The Balaban J connectivity index is 2.30. The van der Waals surface area contributed by atoms with Crippen molar-refractivity contribution >= 4 is 15.7 Å². The van der Waals surface area contributed by atoms with Gasteiger partial charge in [-0.05, 0) is 24.2 Å². The molecule has 2 rings (SSSR count). The molecule has 8 heteroatoms. The summed E-state index contributed by atoms with van der Waals surface area (Å²) in [5.74, 6) is -0.786. The highest BCUT2D eigenvalue weighted by Crippen LogP contribution is 2.20. The van der Waals surface area contributed by atoms with E-state index in [4.69, 9.17) is 0 Å². The lowest BCUT2D eigenvalue weighted by Crippen LogP contribution is -2.16. The van der Waals surface area contributed by atoms with E-state index in [0.717, 1.165) is 12.6 Å². The van der Waals surface area contributed by atoms with Gasteiger partial charge in [0, 0.05) is 19.8 Å². The van der Waals surface area contributed by atoms with Crippen molar-refractivity contribution in [2.45, 2.75) is 18.4 Å². The summed E-state index contributed by atoms with van der Waals surface area (Å²) in [5.41, 5.74) is 0.985. The standard InChI is InChI=1S/C13H17FN4O2S/c1-3-15-7-10-4-5-12(14)13(6-10)21(19,20)17-11-8-16-18(2)9-11/h4-6,8-9,15,17H,3,7H2,1-2H3. The monoisotopic (exact) mass is 312 g/mol. The van der Waals surface area contributed by atoms with Gasteiger partial charge in [0.1, 0.15) is 10.7 Å². The summed E-state index contributed by atoms with van der Waals surface area (Å²) in [7, 11) is -2.32. The van der Waals surface area contributed by atoms with Gasteiger partial charge in [-0.3, -0.25) is 9.40 Å². The fourth-order valence-corrected chi connectivity index (χ4v) is 2.97. The highest BCUT2D eigenvalue weighted by Gasteiger charge is 2.20. The molecule has 0 aliphatic carbocycles. The number of aryl methyl sites for hydroxylation is 1. The van der Waals surface area contributed by atoms with E-state index in [9.17, 15) is 12.8 Å². The van der Waals surface area contributed by atoms with Crippen LogP contribution < -0.4 is 10.0 Å². The molecule has 0 aliphatic heterocycles. The number of nitrogens with zero attached hydrogens (tertiary/aromatic N) is 2. The summed E-state index contributed by atoms with van der Waals surface area (Å²) in [6.45, 7) is 3.16. The number of hydrogen-bond donors (Lipinski definition) is 2. The molecule has 1 aromatic heterocycles. The van der Waals surface area contributed by atoms with Gasteiger partial charge in [-0.15, -0.1) is 0 Å². The van der Waals surface area contributed by atoms with Crippen molar-refractivity contribution in [2.24, 2.45) is 7.05 Å². The van der Waals surface area contributed by atoms with Crippen LogP contribution in [0.15, 0.2) is 35.5 Å². The topological polar surface area (TPSA) is 76.0 Å². The molecular weight excluding hydrogens is 295 g/mol. The Kier molecular flexibility index (Phi) is 4.59. The first kappa shape index (κ1) is 15.5. The highest BCUT2D eigenvalue weighted by atomic mass is 32.2. The number of halogens is 1.